The molecule has 0 aliphatic carbocycles. The molecule has 0 amide bonds. The van der Waals surface area contributed by atoms with Crippen LogP contribution in [-0.2, 0) is 24.9 Å². The summed E-state index contributed by atoms with van der Waals surface area (Å²) in [7, 11) is 1.64. The zero-order chi connectivity index (χ0) is 18.6. The van der Waals surface area contributed by atoms with Gasteiger partial charge in [0.2, 0.25) is 5.78 Å². The minimum Gasteiger partial charge on any atom is -0.376 e. The predicted octanol–water partition coefficient (Wildman–Crippen LogP) is 1.21. The van der Waals surface area contributed by atoms with Crippen LogP contribution in [0.1, 0.15) is 25.5 Å². The quantitative estimate of drug-likeness (QED) is 0.658. The highest BCUT2D eigenvalue weighted by Gasteiger charge is 2.23. The number of hydrogen-bond acceptors (Lipinski definition) is 4. The number of rotatable bonds is 4. The molecule has 1 aliphatic heterocycles. The molecule has 8 nitrogen and oxygen atoms in total. The summed E-state index contributed by atoms with van der Waals surface area (Å²) in [6.45, 7) is 9.29. The van der Waals surface area contributed by atoms with E-state index in [9.17, 15) is 9.59 Å². The molecular formula is C18H23N5O3. The molecule has 4 heterocycles. The number of nitrogens with zero attached hydrogens (tertiary/aromatic N) is 5. The van der Waals surface area contributed by atoms with Gasteiger partial charge < -0.3 is 9.30 Å². The van der Waals surface area contributed by atoms with Crippen LogP contribution in [0.15, 0.2) is 27.9 Å². The minimum atomic E-state index is -0.381. The summed E-state index contributed by atoms with van der Waals surface area (Å²) in [5, 5.41) is 0. The Morgan fingerprint density at radius 1 is 1.38 bits per heavy atom. The van der Waals surface area contributed by atoms with E-state index >= 15 is 0 Å². The number of ether oxygens (including phenoxy) is 1. The number of allylic oxidation sites excluding steroid dienone is 1. The number of hydrogen-bond donors (Lipinski definition) is 0. The van der Waals surface area contributed by atoms with Crippen LogP contribution in [0, 0.1) is 6.92 Å². The molecule has 0 spiro atoms. The van der Waals surface area contributed by atoms with Crippen molar-refractivity contribution in [2.75, 3.05) is 6.61 Å². The number of aryl methyl sites for hydroxylation is 2. The average molecular weight is 357 g/mol. The van der Waals surface area contributed by atoms with Gasteiger partial charge in [0, 0.05) is 25.5 Å². The third kappa shape index (κ3) is 2.44. The summed E-state index contributed by atoms with van der Waals surface area (Å²) >= 11 is 0. The molecular weight excluding hydrogens is 334 g/mol. The van der Waals surface area contributed by atoms with Gasteiger partial charge in [0.25, 0.3) is 5.56 Å². The molecule has 3 aromatic heterocycles. The maximum Gasteiger partial charge on any atom is 0.332 e. The van der Waals surface area contributed by atoms with Crippen molar-refractivity contribution in [3.8, 4) is 0 Å². The van der Waals surface area contributed by atoms with Crippen LogP contribution in [0.5, 0.6) is 0 Å². The van der Waals surface area contributed by atoms with Gasteiger partial charge in [-0.05, 0) is 26.7 Å². The van der Waals surface area contributed by atoms with Crippen LogP contribution in [0.3, 0.4) is 0 Å². The van der Waals surface area contributed by atoms with E-state index < -0.39 is 0 Å². The van der Waals surface area contributed by atoms with Crippen LogP contribution in [-0.4, -0.2) is 35.8 Å². The monoisotopic (exact) mass is 357 g/mol. The predicted molar refractivity (Wildman–Crippen MR) is 98.7 cm³/mol. The molecule has 138 valence electrons. The summed E-state index contributed by atoms with van der Waals surface area (Å²) in [5.41, 5.74) is 1.84. The Morgan fingerprint density at radius 3 is 2.81 bits per heavy atom. The van der Waals surface area contributed by atoms with Crippen molar-refractivity contribution in [3.63, 3.8) is 0 Å². The summed E-state index contributed by atoms with van der Waals surface area (Å²) in [6, 6.07) is 0. The van der Waals surface area contributed by atoms with Crippen molar-refractivity contribution < 1.29 is 4.74 Å². The van der Waals surface area contributed by atoms with Gasteiger partial charge in [-0.15, -0.1) is 0 Å². The van der Waals surface area contributed by atoms with Gasteiger partial charge in [0.05, 0.1) is 19.2 Å². The fraction of sp³-hybridized carbons (Fsp3) is 0.500. The second-order valence-electron chi connectivity index (χ2n) is 7.16. The lowest BCUT2D eigenvalue weighted by molar-refractivity contribution is 0.0974. The van der Waals surface area contributed by atoms with Crippen LogP contribution in [0.4, 0.5) is 0 Å². The third-order valence-electron chi connectivity index (χ3n) is 4.98. The Morgan fingerprint density at radius 2 is 2.15 bits per heavy atom. The molecule has 1 aliphatic rings. The van der Waals surface area contributed by atoms with E-state index in [1.165, 1.54) is 9.13 Å². The second-order valence-corrected chi connectivity index (χ2v) is 7.16. The number of fused-ring (bicyclic) bond motifs is 3. The molecule has 1 atom stereocenters. The fourth-order valence-electron chi connectivity index (χ4n) is 3.68. The van der Waals surface area contributed by atoms with Crippen molar-refractivity contribution in [3.05, 3.63) is 44.9 Å². The van der Waals surface area contributed by atoms with E-state index in [0.29, 0.717) is 23.5 Å². The first kappa shape index (κ1) is 16.8. The first-order chi connectivity index (χ1) is 12.4. The lowest BCUT2D eigenvalue weighted by Crippen LogP contribution is -2.39. The van der Waals surface area contributed by atoms with Crippen LogP contribution in [0.25, 0.3) is 16.9 Å². The van der Waals surface area contributed by atoms with Crippen LogP contribution in [0.2, 0.25) is 0 Å². The molecule has 4 rings (SSSR count). The van der Waals surface area contributed by atoms with E-state index in [4.69, 9.17) is 4.74 Å². The van der Waals surface area contributed by atoms with Gasteiger partial charge in [0.1, 0.15) is 0 Å². The maximum absolute atomic E-state index is 13.0. The average Bonchev–Trinajstić information content (AvgIpc) is 3.28. The molecule has 0 N–H and O–H groups in total. The Kier molecular flexibility index (Phi) is 3.87. The second kappa shape index (κ2) is 5.98. The molecule has 1 saturated heterocycles. The van der Waals surface area contributed by atoms with Crippen molar-refractivity contribution in [1.29, 1.82) is 0 Å². The summed E-state index contributed by atoms with van der Waals surface area (Å²) < 4.78 is 12.2. The molecule has 0 bridgehead atoms. The molecule has 8 heteroatoms. The first-order valence-corrected chi connectivity index (χ1v) is 8.82. The molecule has 3 aromatic rings. The number of imidazole rings is 2. The van der Waals surface area contributed by atoms with Crippen LogP contribution < -0.4 is 11.2 Å². The lowest BCUT2D eigenvalue weighted by Gasteiger charge is -2.11. The van der Waals surface area contributed by atoms with Crippen molar-refractivity contribution in [2.45, 2.75) is 45.9 Å². The minimum absolute atomic E-state index is 0.161. The molecule has 0 unspecified atom stereocenters. The maximum atomic E-state index is 13.0. The van der Waals surface area contributed by atoms with Gasteiger partial charge in [-0.2, -0.15) is 4.98 Å². The Labute approximate surface area is 149 Å². The third-order valence-corrected chi connectivity index (χ3v) is 4.98. The molecule has 0 aromatic carbocycles. The van der Waals surface area contributed by atoms with E-state index in [1.807, 2.05) is 13.1 Å². The Bertz CT molecular complexity index is 1140. The molecule has 1 fully saturated rings. The van der Waals surface area contributed by atoms with Gasteiger partial charge >= 0.3 is 5.69 Å². The van der Waals surface area contributed by atoms with Gasteiger partial charge in [-0.25, -0.2) is 4.79 Å². The van der Waals surface area contributed by atoms with Crippen molar-refractivity contribution in [2.24, 2.45) is 7.05 Å². The molecule has 0 radical (unpaired) electrons. The van der Waals surface area contributed by atoms with E-state index in [2.05, 4.69) is 16.1 Å². The standard InChI is InChI=1S/C18H23N5O3/c1-11(2)8-23-16(24)14-15(20(4)18(23)25)19-17-21(12(3)9-22(14)17)10-13-6-5-7-26-13/h9,13H,1,5-8,10H2,2-4H3/t13-/m0/s1. The summed E-state index contributed by atoms with van der Waals surface area (Å²) in [5.74, 6) is 0.660. The van der Waals surface area contributed by atoms with Gasteiger partial charge in [-0.3, -0.25) is 18.3 Å². The van der Waals surface area contributed by atoms with Crippen molar-refractivity contribution in [1.82, 2.24) is 23.1 Å². The fourth-order valence-corrected chi connectivity index (χ4v) is 3.68. The van der Waals surface area contributed by atoms with Gasteiger partial charge in [0.15, 0.2) is 11.2 Å². The van der Waals surface area contributed by atoms with Crippen molar-refractivity contribution >= 4 is 16.9 Å². The number of aromatic nitrogens is 5. The highest BCUT2D eigenvalue weighted by molar-refractivity contribution is 5.75. The smallest absolute Gasteiger partial charge is 0.332 e. The summed E-state index contributed by atoms with van der Waals surface area (Å²) in [4.78, 5) is 30.2. The molecule has 26 heavy (non-hydrogen) atoms. The van der Waals surface area contributed by atoms with E-state index in [0.717, 1.165) is 30.7 Å². The highest BCUT2D eigenvalue weighted by atomic mass is 16.5. The highest BCUT2D eigenvalue weighted by Crippen LogP contribution is 2.20. The summed E-state index contributed by atoms with van der Waals surface area (Å²) in [6.07, 6.45) is 4.15. The zero-order valence-corrected chi connectivity index (χ0v) is 15.4. The lowest BCUT2D eigenvalue weighted by atomic mass is 10.2. The largest absolute Gasteiger partial charge is 0.376 e. The molecule has 0 saturated carbocycles. The van der Waals surface area contributed by atoms with Gasteiger partial charge in [-0.1, -0.05) is 12.2 Å². The van der Waals surface area contributed by atoms with E-state index in [1.54, 1.807) is 18.4 Å². The van der Waals surface area contributed by atoms with E-state index in [-0.39, 0.29) is 23.9 Å². The van der Waals surface area contributed by atoms with Crippen LogP contribution >= 0.6 is 0 Å². The zero-order valence-electron chi connectivity index (χ0n) is 15.4. The SMILES string of the molecule is C=C(C)Cn1c(=O)c2c(nc3n(C[C@@H]4CCCO4)c(C)cn23)n(C)c1=O. The topological polar surface area (TPSA) is 75.5 Å². The Balaban J connectivity index is 1.98. The Hall–Kier alpha value is -2.61. The first-order valence-electron chi connectivity index (χ1n) is 8.82. The normalized spacial score (nSPS) is 17.6.